The van der Waals surface area contributed by atoms with E-state index in [-0.39, 0.29) is 11.9 Å². The minimum Gasteiger partial charge on any atom is -0.489 e. The molecule has 0 aromatic heterocycles. The summed E-state index contributed by atoms with van der Waals surface area (Å²) in [5.41, 5.74) is 2.98. The Morgan fingerprint density at radius 3 is 2.67 bits per heavy atom. The van der Waals surface area contributed by atoms with Gasteiger partial charge < -0.3 is 10.1 Å². The number of ether oxygens (including phenoxy) is 1. The largest absolute Gasteiger partial charge is 0.489 e. The smallest absolute Gasteiger partial charge is 0.125 e. The molecule has 112 valence electrons. The van der Waals surface area contributed by atoms with Crippen molar-refractivity contribution in [1.82, 2.24) is 5.32 Å². The van der Waals surface area contributed by atoms with Crippen molar-refractivity contribution in [3.05, 3.63) is 63.4 Å². The minimum atomic E-state index is -0.219. The van der Waals surface area contributed by atoms with Crippen LogP contribution in [0.2, 0.25) is 0 Å². The number of rotatable bonds is 5. The zero-order valence-corrected chi connectivity index (χ0v) is 14.0. The summed E-state index contributed by atoms with van der Waals surface area (Å²) in [6.45, 7) is 4.39. The highest BCUT2D eigenvalue weighted by molar-refractivity contribution is 9.10. The first-order valence-corrected chi connectivity index (χ1v) is 7.65. The van der Waals surface area contributed by atoms with Crippen molar-refractivity contribution < 1.29 is 9.13 Å². The lowest BCUT2D eigenvalue weighted by Gasteiger charge is -2.17. The van der Waals surface area contributed by atoms with Gasteiger partial charge in [0.2, 0.25) is 0 Å². The third-order valence-electron chi connectivity index (χ3n) is 3.56. The van der Waals surface area contributed by atoms with Crippen LogP contribution in [0.4, 0.5) is 4.39 Å². The maximum atomic E-state index is 13.1. The van der Waals surface area contributed by atoms with E-state index in [1.165, 1.54) is 12.1 Å². The van der Waals surface area contributed by atoms with Gasteiger partial charge >= 0.3 is 0 Å². The molecule has 0 aliphatic heterocycles. The monoisotopic (exact) mass is 351 g/mol. The lowest BCUT2D eigenvalue weighted by molar-refractivity contribution is 0.299. The van der Waals surface area contributed by atoms with Gasteiger partial charge in [-0.3, -0.25) is 0 Å². The van der Waals surface area contributed by atoms with E-state index in [2.05, 4.69) is 28.2 Å². The van der Waals surface area contributed by atoms with Crippen molar-refractivity contribution in [3.8, 4) is 5.75 Å². The number of hydrogen-bond acceptors (Lipinski definition) is 2. The number of halogens is 2. The van der Waals surface area contributed by atoms with E-state index in [0.717, 1.165) is 26.9 Å². The van der Waals surface area contributed by atoms with Gasteiger partial charge in [0.25, 0.3) is 0 Å². The molecular formula is C17H19BrFNO. The summed E-state index contributed by atoms with van der Waals surface area (Å²) in [6.07, 6.45) is 0. The summed E-state index contributed by atoms with van der Waals surface area (Å²) in [7, 11) is 1.92. The Hall–Kier alpha value is -1.39. The normalized spacial score (nSPS) is 12.2. The summed E-state index contributed by atoms with van der Waals surface area (Å²) in [5.74, 6) is 0.609. The predicted molar refractivity (Wildman–Crippen MR) is 87.1 cm³/mol. The molecule has 2 aromatic carbocycles. The highest BCUT2D eigenvalue weighted by Gasteiger charge is 2.11. The lowest BCUT2D eigenvalue weighted by Crippen LogP contribution is -2.14. The fourth-order valence-electron chi connectivity index (χ4n) is 2.12. The number of benzene rings is 2. The average molecular weight is 352 g/mol. The van der Waals surface area contributed by atoms with Gasteiger partial charge in [0.15, 0.2) is 0 Å². The number of hydrogen-bond donors (Lipinski definition) is 1. The van der Waals surface area contributed by atoms with Crippen molar-refractivity contribution in [2.24, 2.45) is 0 Å². The van der Waals surface area contributed by atoms with Crippen molar-refractivity contribution in [2.75, 3.05) is 7.05 Å². The Morgan fingerprint density at radius 2 is 2.00 bits per heavy atom. The van der Waals surface area contributed by atoms with Gasteiger partial charge in [-0.25, -0.2) is 4.39 Å². The summed E-state index contributed by atoms with van der Waals surface area (Å²) in [4.78, 5) is 0. The van der Waals surface area contributed by atoms with E-state index in [1.54, 1.807) is 6.07 Å². The maximum absolute atomic E-state index is 13.1. The van der Waals surface area contributed by atoms with Crippen LogP contribution in [0.15, 0.2) is 40.9 Å². The molecule has 0 amide bonds. The standard InChI is InChI=1S/C17H19BrFNO/c1-11-8-15(19)6-4-13(11)10-21-17-9-14(18)5-7-16(17)12(2)20-3/h4-9,12,20H,10H2,1-3H3. The van der Waals surface area contributed by atoms with Gasteiger partial charge in [-0.1, -0.05) is 28.1 Å². The van der Waals surface area contributed by atoms with Gasteiger partial charge in [-0.2, -0.15) is 0 Å². The van der Waals surface area contributed by atoms with E-state index in [9.17, 15) is 4.39 Å². The second-order valence-corrected chi connectivity index (χ2v) is 5.97. The van der Waals surface area contributed by atoms with E-state index in [0.29, 0.717) is 6.61 Å². The molecule has 0 bridgehead atoms. The average Bonchev–Trinajstić information content (AvgIpc) is 2.45. The quantitative estimate of drug-likeness (QED) is 0.838. The fraction of sp³-hybridized carbons (Fsp3) is 0.294. The third-order valence-corrected chi connectivity index (χ3v) is 4.06. The predicted octanol–water partition coefficient (Wildman–Crippen LogP) is 4.76. The van der Waals surface area contributed by atoms with Crippen LogP contribution >= 0.6 is 15.9 Å². The van der Waals surface area contributed by atoms with Gasteiger partial charge in [0.05, 0.1) is 0 Å². The zero-order chi connectivity index (χ0) is 15.4. The van der Waals surface area contributed by atoms with Crippen molar-refractivity contribution in [2.45, 2.75) is 26.5 Å². The van der Waals surface area contributed by atoms with E-state index < -0.39 is 0 Å². The van der Waals surface area contributed by atoms with Gasteiger partial charge in [-0.15, -0.1) is 0 Å². The molecule has 0 aliphatic carbocycles. The van der Waals surface area contributed by atoms with Crippen LogP contribution in [0.25, 0.3) is 0 Å². The molecule has 21 heavy (non-hydrogen) atoms. The molecular weight excluding hydrogens is 333 g/mol. The Balaban J connectivity index is 2.21. The molecule has 2 rings (SSSR count). The summed E-state index contributed by atoms with van der Waals surface area (Å²) in [5, 5.41) is 3.21. The lowest BCUT2D eigenvalue weighted by atomic mass is 10.1. The van der Waals surface area contributed by atoms with Crippen molar-refractivity contribution >= 4 is 15.9 Å². The Morgan fingerprint density at radius 1 is 1.24 bits per heavy atom. The van der Waals surface area contributed by atoms with E-state index in [4.69, 9.17) is 4.74 Å². The van der Waals surface area contributed by atoms with E-state index in [1.807, 2.05) is 32.2 Å². The third kappa shape index (κ3) is 4.05. The Labute approximate surface area is 133 Å². The Bertz CT molecular complexity index is 630. The SMILES string of the molecule is CNC(C)c1ccc(Br)cc1OCc1ccc(F)cc1C. The molecule has 4 heteroatoms. The zero-order valence-electron chi connectivity index (χ0n) is 12.4. The van der Waals surface area contributed by atoms with Crippen LogP contribution in [-0.4, -0.2) is 7.05 Å². The van der Waals surface area contributed by atoms with Crippen LogP contribution in [0.3, 0.4) is 0 Å². The molecule has 1 atom stereocenters. The number of aryl methyl sites for hydroxylation is 1. The maximum Gasteiger partial charge on any atom is 0.125 e. The second-order valence-electron chi connectivity index (χ2n) is 5.05. The molecule has 2 aromatic rings. The molecule has 2 nitrogen and oxygen atoms in total. The Kier molecular flexibility index (Phi) is 5.37. The van der Waals surface area contributed by atoms with E-state index >= 15 is 0 Å². The second kappa shape index (κ2) is 7.05. The minimum absolute atomic E-state index is 0.197. The van der Waals surface area contributed by atoms with Gasteiger partial charge in [0.1, 0.15) is 18.2 Å². The van der Waals surface area contributed by atoms with Crippen LogP contribution in [-0.2, 0) is 6.61 Å². The fourth-order valence-corrected chi connectivity index (χ4v) is 2.46. The van der Waals surface area contributed by atoms with Crippen LogP contribution in [0, 0.1) is 12.7 Å². The molecule has 0 fully saturated rings. The molecule has 0 radical (unpaired) electrons. The number of nitrogens with one attached hydrogen (secondary N) is 1. The highest BCUT2D eigenvalue weighted by atomic mass is 79.9. The summed E-state index contributed by atoms with van der Waals surface area (Å²) in [6, 6.07) is 11.0. The highest BCUT2D eigenvalue weighted by Crippen LogP contribution is 2.29. The molecule has 1 unspecified atom stereocenters. The molecule has 0 saturated heterocycles. The van der Waals surface area contributed by atoms with Crippen LogP contribution in [0.5, 0.6) is 5.75 Å². The topological polar surface area (TPSA) is 21.3 Å². The first kappa shape index (κ1) is 16.0. The van der Waals surface area contributed by atoms with Crippen molar-refractivity contribution in [3.63, 3.8) is 0 Å². The van der Waals surface area contributed by atoms with Crippen molar-refractivity contribution in [1.29, 1.82) is 0 Å². The summed E-state index contributed by atoms with van der Waals surface area (Å²) >= 11 is 3.47. The molecule has 1 N–H and O–H groups in total. The van der Waals surface area contributed by atoms with Gasteiger partial charge in [-0.05, 0) is 56.3 Å². The van der Waals surface area contributed by atoms with Gasteiger partial charge in [0, 0.05) is 16.1 Å². The molecule has 0 saturated carbocycles. The first-order chi connectivity index (χ1) is 10.0. The molecule has 0 spiro atoms. The van der Waals surface area contributed by atoms with Crippen LogP contribution < -0.4 is 10.1 Å². The summed E-state index contributed by atoms with van der Waals surface area (Å²) < 4.78 is 20.1. The first-order valence-electron chi connectivity index (χ1n) is 6.86. The molecule has 0 heterocycles. The molecule has 0 aliphatic rings. The van der Waals surface area contributed by atoms with Crippen LogP contribution in [0.1, 0.15) is 29.7 Å².